The van der Waals surface area contributed by atoms with E-state index in [0.29, 0.717) is 12.5 Å². The molecule has 0 bridgehead atoms. The summed E-state index contributed by atoms with van der Waals surface area (Å²) in [5.41, 5.74) is 5.97. The summed E-state index contributed by atoms with van der Waals surface area (Å²) in [6, 6.07) is 0. The van der Waals surface area contributed by atoms with Crippen LogP contribution in [0.2, 0.25) is 0 Å². The largest absolute Gasteiger partial charge is 0.330 e. The van der Waals surface area contributed by atoms with E-state index >= 15 is 0 Å². The molecule has 0 spiro atoms. The summed E-state index contributed by atoms with van der Waals surface area (Å²) in [5, 5.41) is 4.27. The van der Waals surface area contributed by atoms with Crippen LogP contribution in [0.3, 0.4) is 0 Å². The van der Waals surface area contributed by atoms with Gasteiger partial charge in [0.2, 0.25) is 0 Å². The van der Waals surface area contributed by atoms with Crippen molar-refractivity contribution in [3.63, 3.8) is 0 Å². The van der Waals surface area contributed by atoms with Crippen molar-refractivity contribution in [3.05, 3.63) is 12.2 Å². The second kappa shape index (κ2) is 5.43. The van der Waals surface area contributed by atoms with Crippen LogP contribution in [0.1, 0.15) is 39.9 Å². The lowest BCUT2D eigenvalue weighted by molar-refractivity contribution is 0.303. The van der Waals surface area contributed by atoms with E-state index in [4.69, 9.17) is 5.73 Å². The first-order valence-electron chi connectivity index (χ1n) is 6.07. The highest BCUT2D eigenvalue weighted by atomic mass is 15.3. The molecule has 0 amide bonds. The normalized spacial score (nSPS) is 15.4. The van der Waals surface area contributed by atoms with E-state index in [1.54, 1.807) is 6.33 Å². The van der Waals surface area contributed by atoms with Gasteiger partial charge in [0.25, 0.3) is 0 Å². The molecule has 0 aromatic carbocycles. The molecular weight excluding hydrogens is 200 g/mol. The van der Waals surface area contributed by atoms with Crippen molar-refractivity contribution in [2.75, 3.05) is 6.54 Å². The van der Waals surface area contributed by atoms with Gasteiger partial charge in [-0.25, -0.2) is 9.67 Å². The van der Waals surface area contributed by atoms with E-state index < -0.39 is 0 Å². The van der Waals surface area contributed by atoms with Gasteiger partial charge in [-0.05, 0) is 24.3 Å². The van der Waals surface area contributed by atoms with E-state index in [1.807, 2.05) is 4.68 Å². The Morgan fingerprint density at radius 2 is 2.19 bits per heavy atom. The van der Waals surface area contributed by atoms with Gasteiger partial charge in [-0.15, -0.1) is 0 Å². The number of aromatic nitrogens is 3. The smallest absolute Gasteiger partial charge is 0.138 e. The summed E-state index contributed by atoms with van der Waals surface area (Å²) in [5.74, 6) is 1.65. The zero-order valence-electron chi connectivity index (χ0n) is 10.9. The van der Waals surface area contributed by atoms with E-state index in [-0.39, 0.29) is 5.41 Å². The molecule has 1 unspecified atom stereocenters. The Kier molecular flexibility index (Phi) is 4.47. The molecule has 1 heterocycles. The third-order valence-electron chi connectivity index (χ3n) is 3.17. The maximum Gasteiger partial charge on any atom is 0.138 e. The third-order valence-corrected chi connectivity index (χ3v) is 3.17. The van der Waals surface area contributed by atoms with E-state index in [1.165, 1.54) is 0 Å². The fourth-order valence-corrected chi connectivity index (χ4v) is 1.65. The van der Waals surface area contributed by atoms with Gasteiger partial charge in [-0.1, -0.05) is 27.7 Å². The highest BCUT2D eigenvalue weighted by Gasteiger charge is 2.23. The summed E-state index contributed by atoms with van der Waals surface area (Å²) in [6.45, 7) is 10.4. The van der Waals surface area contributed by atoms with Crippen molar-refractivity contribution >= 4 is 0 Å². The van der Waals surface area contributed by atoms with Crippen LogP contribution in [0.25, 0.3) is 0 Å². The topological polar surface area (TPSA) is 56.7 Å². The molecule has 0 aliphatic rings. The maximum atomic E-state index is 5.83. The molecule has 4 nitrogen and oxygen atoms in total. The lowest BCUT2D eigenvalue weighted by atomic mass is 9.84. The van der Waals surface area contributed by atoms with Crippen LogP contribution in [-0.4, -0.2) is 21.3 Å². The third kappa shape index (κ3) is 3.30. The Balaban J connectivity index is 2.76. The minimum Gasteiger partial charge on any atom is -0.330 e. The first-order chi connectivity index (χ1) is 7.50. The predicted molar refractivity (Wildman–Crippen MR) is 66.0 cm³/mol. The van der Waals surface area contributed by atoms with Crippen LogP contribution in [0.4, 0.5) is 0 Å². The minimum absolute atomic E-state index is 0.141. The fourth-order valence-electron chi connectivity index (χ4n) is 1.65. The van der Waals surface area contributed by atoms with Crippen molar-refractivity contribution in [2.45, 2.75) is 47.1 Å². The molecule has 1 rings (SSSR count). The molecule has 0 fully saturated rings. The number of hydrogen-bond donors (Lipinski definition) is 1. The van der Waals surface area contributed by atoms with Gasteiger partial charge in [0.1, 0.15) is 12.2 Å². The highest BCUT2D eigenvalue weighted by Crippen LogP contribution is 2.24. The van der Waals surface area contributed by atoms with Crippen molar-refractivity contribution < 1.29 is 0 Å². The van der Waals surface area contributed by atoms with Gasteiger partial charge in [0, 0.05) is 13.0 Å². The zero-order valence-corrected chi connectivity index (χ0v) is 10.9. The molecule has 0 aliphatic carbocycles. The standard InChI is InChI=1S/C12H24N4/c1-5-12(4,8-13)6-11-14-9-15-16(11)7-10(2)3/h9-10H,5-8,13H2,1-4H3. The molecule has 1 aromatic rings. The Morgan fingerprint density at radius 3 is 2.69 bits per heavy atom. The summed E-state index contributed by atoms with van der Waals surface area (Å²) in [6.07, 6.45) is 3.62. The second-order valence-corrected chi connectivity index (χ2v) is 5.30. The molecule has 4 heteroatoms. The van der Waals surface area contributed by atoms with Crippen LogP contribution in [0.15, 0.2) is 6.33 Å². The predicted octanol–water partition coefficient (Wildman–Crippen LogP) is 1.85. The number of hydrogen-bond acceptors (Lipinski definition) is 3. The van der Waals surface area contributed by atoms with E-state index in [0.717, 1.165) is 25.2 Å². The summed E-state index contributed by atoms with van der Waals surface area (Å²) in [4.78, 5) is 4.35. The molecule has 2 N–H and O–H groups in total. The Hall–Kier alpha value is -0.900. The highest BCUT2D eigenvalue weighted by molar-refractivity contribution is 4.92. The van der Waals surface area contributed by atoms with Crippen molar-refractivity contribution in [3.8, 4) is 0 Å². The first kappa shape index (κ1) is 13.2. The molecule has 92 valence electrons. The molecule has 0 aliphatic heterocycles. The van der Waals surface area contributed by atoms with Crippen molar-refractivity contribution in [1.29, 1.82) is 0 Å². The zero-order chi connectivity index (χ0) is 12.2. The lowest BCUT2D eigenvalue weighted by Crippen LogP contribution is -2.30. The van der Waals surface area contributed by atoms with Gasteiger partial charge < -0.3 is 5.73 Å². The van der Waals surface area contributed by atoms with Gasteiger partial charge in [0.05, 0.1) is 0 Å². The number of nitrogens with zero attached hydrogens (tertiary/aromatic N) is 3. The van der Waals surface area contributed by atoms with Crippen LogP contribution in [-0.2, 0) is 13.0 Å². The van der Waals surface area contributed by atoms with E-state index in [2.05, 4.69) is 37.8 Å². The van der Waals surface area contributed by atoms with Crippen LogP contribution >= 0.6 is 0 Å². The van der Waals surface area contributed by atoms with Crippen LogP contribution < -0.4 is 5.73 Å². The average molecular weight is 224 g/mol. The minimum atomic E-state index is 0.141. The molecule has 1 atom stereocenters. The summed E-state index contributed by atoms with van der Waals surface area (Å²) >= 11 is 0. The summed E-state index contributed by atoms with van der Waals surface area (Å²) in [7, 11) is 0. The van der Waals surface area contributed by atoms with Gasteiger partial charge in [-0.2, -0.15) is 5.10 Å². The van der Waals surface area contributed by atoms with Crippen LogP contribution in [0, 0.1) is 11.3 Å². The Morgan fingerprint density at radius 1 is 1.50 bits per heavy atom. The SMILES string of the molecule is CCC(C)(CN)Cc1ncnn1CC(C)C. The monoisotopic (exact) mass is 224 g/mol. The maximum absolute atomic E-state index is 5.83. The fraction of sp³-hybridized carbons (Fsp3) is 0.833. The van der Waals surface area contributed by atoms with Crippen molar-refractivity contribution in [2.24, 2.45) is 17.1 Å². The van der Waals surface area contributed by atoms with Crippen molar-refractivity contribution in [1.82, 2.24) is 14.8 Å². The van der Waals surface area contributed by atoms with Crippen LogP contribution in [0.5, 0.6) is 0 Å². The molecule has 0 radical (unpaired) electrons. The van der Waals surface area contributed by atoms with Gasteiger partial charge >= 0.3 is 0 Å². The molecular formula is C12H24N4. The van der Waals surface area contributed by atoms with E-state index in [9.17, 15) is 0 Å². The number of nitrogens with two attached hydrogens (primary N) is 1. The lowest BCUT2D eigenvalue weighted by Gasteiger charge is -2.25. The Labute approximate surface area is 98.2 Å². The second-order valence-electron chi connectivity index (χ2n) is 5.30. The average Bonchev–Trinajstić information content (AvgIpc) is 2.64. The van der Waals surface area contributed by atoms with Gasteiger partial charge in [0.15, 0.2) is 0 Å². The summed E-state index contributed by atoms with van der Waals surface area (Å²) < 4.78 is 2.01. The van der Waals surface area contributed by atoms with Gasteiger partial charge in [-0.3, -0.25) is 0 Å². The molecule has 0 saturated heterocycles. The Bertz CT molecular complexity index is 313. The number of rotatable bonds is 6. The molecule has 16 heavy (non-hydrogen) atoms. The molecule has 1 aromatic heterocycles. The molecule has 0 saturated carbocycles. The first-order valence-corrected chi connectivity index (χ1v) is 6.07. The quantitative estimate of drug-likeness (QED) is 0.802.